The van der Waals surface area contributed by atoms with Crippen molar-refractivity contribution in [3.8, 4) is 0 Å². The van der Waals surface area contributed by atoms with Gasteiger partial charge < -0.3 is 9.64 Å². The van der Waals surface area contributed by atoms with Crippen LogP contribution in [-0.2, 0) is 11.3 Å². The number of hydrogen-bond donors (Lipinski definition) is 0. The standard InChI is InChI=1S/C20H20N2O5/c1-2-27-20(24)16-10-15(11-18(12-16)22(25)26)19(23)21(17-8-9-17)13-14-6-4-3-5-7-14/h3-7,10-12,17H,2,8-9,13H2,1H3. The molecule has 2 aromatic carbocycles. The van der Waals surface area contributed by atoms with Gasteiger partial charge in [0.2, 0.25) is 0 Å². The smallest absolute Gasteiger partial charge is 0.338 e. The van der Waals surface area contributed by atoms with Gasteiger partial charge in [-0.3, -0.25) is 14.9 Å². The van der Waals surface area contributed by atoms with E-state index in [-0.39, 0.29) is 35.4 Å². The monoisotopic (exact) mass is 368 g/mol. The zero-order chi connectivity index (χ0) is 19.4. The Labute approximate surface area is 156 Å². The molecule has 1 aliphatic rings. The minimum Gasteiger partial charge on any atom is -0.462 e. The minimum absolute atomic E-state index is 0.00450. The molecule has 27 heavy (non-hydrogen) atoms. The first-order valence-electron chi connectivity index (χ1n) is 8.81. The van der Waals surface area contributed by atoms with Gasteiger partial charge in [0.15, 0.2) is 0 Å². The second kappa shape index (κ2) is 7.99. The number of rotatable bonds is 7. The molecular weight excluding hydrogens is 348 g/mol. The largest absolute Gasteiger partial charge is 0.462 e. The van der Waals surface area contributed by atoms with Gasteiger partial charge in [0.25, 0.3) is 11.6 Å². The number of carbonyl (C=O) groups excluding carboxylic acids is 2. The number of amides is 1. The number of nitro benzene ring substituents is 1. The molecule has 2 aromatic rings. The SMILES string of the molecule is CCOC(=O)c1cc(C(=O)N(Cc2ccccc2)C2CC2)cc([N+](=O)[O-])c1. The third-order valence-electron chi connectivity index (χ3n) is 4.33. The predicted molar refractivity (Wildman–Crippen MR) is 98.4 cm³/mol. The fraction of sp³-hybridized carbons (Fsp3) is 0.300. The molecule has 1 amide bonds. The molecule has 0 radical (unpaired) electrons. The van der Waals surface area contributed by atoms with E-state index in [2.05, 4.69) is 0 Å². The van der Waals surface area contributed by atoms with Crippen molar-refractivity contribution >= 4 is 17.6 Å². The second-order valence-corrected chi connectivity index (χ2v) is 6.40. The van der Waals surface area contributed by atoms with E-state index in [1.165, 1.54) is 12.1 Å². The molecule has 3 rings (SSSR count). The van der Waals surface area contributed by atoms with Crippen LogP contribution in [0.1, 0.15) is 46.0 Å². The number of nitro groups is 1. The highest BCUT2D eigenvalue weighted by atomic mass is 16.6. The molecule has 1 saturated carbocycles. The summed E-state index contributed by atoms with van der Waals surface area (Å²) in [5.74, 6) is -1.01. The maximum atomic E-state index is 13.1. The Morgan fingerprint density at radius 2 is 1.81 bits per heavy atom. The molecule has 1 aliphatic carbocycles. The molecule has 0 heterocycles. The molecule has 0 aliphatic heterocycles. The third-order valence-corrected chi connectivity index (χ3v) is 4.33. The van der Waals surface area contributed by atoms with Crippen molar-refractivity contribution in [2.45, 2.75) is 32.4 Å². The van der Waals surface area contributed by atoms with Crippen molar-refractivity contribution in [2.75, 3.05) is 6.61 Å². The summed E-state index contributed by atoms with van der Waals surface area (Å²) < 4.78 is 4.93. The molecule has 0 saturated heterocycles. The Hall–Kier alpha value is -3.22. The number of hydrogen-bond acceptors (Lipinski definition) is 5. The lowest BCUT2D eigenvalue weighted by atomic mass is 10.1. The summed E-state index contributed by atoms with van der Waals surface area (Å²) in [5, 5.41) is 11.2. The number of non-ortho nitro benzene ring substituents is 1. The van der Waals surface area contributed by atoms with E-state index in [9.17, 15) is 19.7 Å². The van der Waals surface area contributed by atoms with Gasteiger partial charge in [0.05, 0.1) is 17.1 Å². The van der Waals surface area contributed by atoms with Crippen LogP contribution in [0.25, 0.3) is 0 Å². The highest BCUT2D eigenvalue weighted by molar-refractivity contribution is 5.99. The molecule has 0 spiro atoms. The van der Waals surface area contributed by atoms with Crippen LogP contribution < -0.4 is 0 Å². The van der Waals surface area contributed by atoms with Gasteiger partial charge in [-0.15, -0.1) is 0 Å². The van der Waals surface area contributed by atoms with Gasteiger partial charge >= 0.3 is 5.97 Å². The van der Waals surface area contributed by atoms with Gasteiger partial charge in [-0.1, -0.05) is 30.3 Å². The van der Waals surface area contributed by atoms with Crippen molar-refractivity contribution in [3.05, 3.63) is 75.3 Å². The summed E-state index contributed by atoms with van der Waals surface area (Å²) in [7, 11) is 0. The zero-order valence-corrected chi connectivity index (χ0v) is 15.0. The second-order valence-electron chi connectivity index (χ2n) is 6.40. The summed E-state index contributed by atoms with van der Waals surface area (Å²) in [6.45, 7) is 2.21. The molecule has 7 heteroatoms. The Bertz CT molecular complexity index is 862. The van der Waals surface area contributed by atoms with Crippen LogP contribution in [0.5, 0.6) is 0 Å². The fourth-order valence-electron chi connectivity index (χ4n) is 2.87. The van der Waals surface area contributed by atoms with Crippen LogP contribution in [0.2, 0.25) is 0 Å². The highest BCUT2D eigenvalue weighted by Gasteiger charge is 2.34. The van der Waals surface area contributed by atoms with Gasteiger partial charge in [-0.2, -0.15) is 0 Å². The average Bonchev–Trinajstić information content (AvgIpc) is 3.51. The van der Waals surface area contributed by atoms with E-state index in [1.807, 2.05) is 30.3 Å². The van der Waals surface area contributed by atoms with Crippen molar-refractivity contribution in [1.29, 1.82) is 0 Å². The quantitative estimate of drug-likeness (QED) is 0.423. The van der Waals surface area contributed by atoms with Crippen LogP contribution in [0.4, 0.5) is 5.69 Å². The van der Waals surface area contributed by atoms with Gasteiger partial charge in [0.1, 0.15) is 0 Å². The van der Waals surface area contributed by atoms with Crippen molar-refractivity contribution in [3.63, 3.8) is 0 Å². The minimum atomic E-state index is -0.684. The van der Waals surface area contributed by atoms with Gasteiger partial charge in [0, 0.05) is 30.3 Å². The summed E-state index contributed by atoms with van der Waals surface area (Å²) in [6, 6.07) is 13.4. The van der Waals surface area contributed by atoms with E-state index in [1.54, 1.807) is 11.8 Å². The third kappa shape index (κ3) is 4.49. The summed E-state index contributed by atoms with van der Waals surface area (Å²) in [4.78, 5) is 37.5. The Kier molecular flexibility index (Phi) is 5.49. The van der Waals surface area contributed by atoms with Crippen LogP contribution in [0.3, 0.4) is 0 Å². The average molecular weight is 368 g/mol. The van der Waals surface area contributed by atoms with E-state index >= 15 is 0 Å². The first-order chi connectivity index (χ1) is 13.0. The van der Waals surface area contributed by atoms with E-state index < -0.39 is 10.9 Å². The van der Waals surface area contributed by atoms with E-state index in [0.717, 1.165) is 24.5 Å². The summed E-state index contributed by atoms with van der Waals surface area (Å²) in [5.41, 5.74) is 0.799. The first kappa shape index (κ1) is 18.6. The van der Waals surface area contributed by atoms with Crippen LogP contribution >= 0.6 is 0 Å². The lowest BCUT2D eigenvalue weighted by Crippen LogP contribution is -2.32. The lowest BCUT2D eigenvalue weighted by Gasteiger charge is -2.23. The normalized spacial score (nSPS) is 13.1. The van der Waals surface area contributed by atoms with Crippen molar-refractivity contribution in [1.82, 2.24) is 4.90 Å². The first-order valence-corrected chi connectivity index (χ1v) is 8.81. The molecule has 0 atom stereocenters. The Balaban J connectivity index is 1.93. The van der Waals surface area contributed by atoms with Crippen LogP contribution in [0.15, 0.2) is 48.5 Å². The number of esters is 1. The number of ether oxygens (including phenoxy) is 1. The molecule has 0 N–H and O–H groups in total. The predicted octanol–water partition coefficient (Wildman–Crippen LogP) is 3.58. The molecular formula is C20H20N2O5. The number of nitrogens with zero attached hydrogens (tertiary/aromatic N) is 2. The Morgan fingerprint density at radius 1 is 1.15 bits per heavy atom. The molecule has 7 nitrogen and oxygen atoms in total. The molecule has 0 aromatic heterocycles. The van der Waals surface area contributed by atoms with Crippen LogP contribution in [0, 0.1) is 10.1 Å². The van der Waals surface area contributed by atoms with E-state index in [0.29, 0.717) is 6.54 Å². The van der Waals surface area contributed by atoms with E-state index in [4.69, 9.17) is 4.74 Å². The lowest BCUT2D eigenvalue weighted by molar-refractivity contribution is -0.384. The molecule has 140 valence electrons. The number of carbonyl (C=O) groups is 2. The maximum Gasteiger partial charge on any atom is 0.338 e. The van der Waals surface area contributed by atoms with Crippen molar-refractivity contribution in [2.24, 2.45) is 0 Å². The number of benzene rings is 2. The van der Waals surface area contributed by atoms with Crippen LogP contribution in [-0.4, -0.2) is 34.3 Å². The van der Waals surface area contributed by atoms with Crippen molar-refractivity contribution < 1.29 is 19.2 Å². The summed E-state index contributed by atoms with van der Waals surface area (Å²) >= 11 is 0. The molecule has 0 bridgehead atoms. The van der Waals surface area contributed by atoms with Gasteiger partial charge in [-0.25, -0.2) is 4.79 Å². The molecule has 0 unspecified atom stereocenters. The Morgan fingerprint density at radius 3 is 2.41 bits per heavy atom. The highest BCUT2D eigenvalue weighted by Crippen LogP contribution is 2.31. The maximum absolute atomic E-state index is 13.1. The summed E-state index contributed by atoms with van der Waals surface area (Å²) in [6.07, 6.45) is 1.80. The van der Waals surface area contributed by atoms with Gasteiger partial charge in [-0.05, 0) is 31.4 Å². The fourth-order valence-corrected chi connectivity index (χ4v) is 2.87. The topological polar surface area (TPSA) is 89.8 Å². The zero-order valence-electron chi connectivity index (χ0n) is 15.0. The molecule has 1 fully saturated rings.